The summed E-state index contributed by atoms with van der Waals surface area (Å²) >= 11 is 0. The summed E-state index contributed by atoms with van der Waals surface area (Å²) in [7, 11) is 0. The van der Waals surface area contributed by atoms with Gasteiger partial charge in [0.15, 0.2) is 0 Å². The smallest absolute Gasteiger partial charge is 0.453 e. The van der Waals surface area contributed by atoms with Crippen molar-refractivity contribution in [2.45, 2.75) is 65.8 Å². The summed E-state index contributed by atoms with van der Waals surface area (Å²) in [5, 5.41) is 6.45. The molecule has 150 valence electrons. The van der Waals surface area contributed by atoms with Crippen LogP contribution in [-0.4, -0.2) is 37.2 Å². The molecule has 0 fully saturated rings. The monoisotopic (exact) mass is 387 g/mol. The van der Waals surface area contributed by atoms with E-state index >= 15 is 0 Å². The molecule has 1 atom stereocenters. The summed E-state index contributed by atoms with van der Waals surface area (Å²) in [6.07, 6.45) is -4.26. The lowest BCUT2D eigenvalue weighted by molar-refractivity contribution is -0.156. The van der Waals surface area contributed by atoms with Crippen LogP contribution in [0.1, 0.15) is 52.6 Å². The van der Waals surface area contributed by atoms with Crippen LogP contribution in [0.15, 0.2) is 6.07 Å². The van der Waals surface area contributed by atoms with Crippen molar-refractivity contribution in [1.82, 2.24) is 19.6 Å². The molecule has 0 aliphatic rings. The van der Waals surface area contributed by atoms with E-state index in [-0.39, 0.29) is 17.5 Å². The van der Waals surface area contributed by atoms with Gasteiger partial charge < -0.3 is 10.1 Å². The number of rotatable bonds is 5. The quantitative estimate of drug-likeness (QED) is 0.789. The predicted octanol–water partition coefficient (Wildman–Crippen LogP) is 3.62. The van der Waals surface area contributed by atoms with Gasteiger partial charge in [-0.25, -0.2) is 9.78 Å². The van der Waals surface area contributed by atoms with Crippen LogP contribution in [0.4, 0.5) is 19.0 Å². The fourth-order valence-corrected chi connectivity index (χ4v) is 2.45. The lowest BCUT2D eigenvalue weighted by atomic mass is 10.0. The highest BCUT2D eigenvalue weighted by atomic mass is 19.4. The van der Waals surface area contributed by atoms with Crippen LogP contribution in [0.2, 0.25) is 0 Å². The van der Waals surface area contributed by atoms with E-state index in [9.17, 15) is 18.0 Å². The topological polar surface area (TPSA) is 81.4 Å². The van der Waals surface area contributed by atoms with Gasteiger partial charge in [0.05, 0.1) is 0 Å². The molecule has 0 saturated carbocycles. The van der Waals surface area contributed by atoms with Crippen molar-refractivity contribution >= 4 is 17.6 Å². The highest BCUT2D eigenvalue weighted by molar-refractivity contribution is 5.79. The summed E-state index contributed by atoms with van der Waals surface area (Å²) in [4.78, 5) is 20.0. The van der Waals surface area contributed by atoms with Gasteiger partial charge in [-0.05, 0) is 40.0 Å². The number of aryl methyl sites for hydroxylation is 1. The number of alkyl halides is 3. The molecule has 0 amide bonds. The third kappa shape index (κ3) is 5.54. The first-order valence-electron chi connectivity index (χ1n) is 8.57. The maximum absolute atomic E-state index is 12.9. The lowest BCUT2D eigenvalue weighted by Crippen LogP contribution is -2.38. The zero-order valence-electron chi connectivity index (χ0n) is 16.2. The first-order chi connectivity index (χ1) is 12.3. The minimum Gasteiger partial charge on any atom is -0.458 e. The molecule has 7 nitrogen and oxygen atoms in total. The van der Waals surface area contributed by atoms with Crippen LogP contribution >= 0.6 is 0 Å². The Bertz CT molecular complexity index is 824. The van der Waals surface area contributed by atoms with Crippen molar-refractivity contribution in [3.63, 3.8) is 0 Å². The number of fused-ring (bicyclic) bond motifs is 1. The molecule has 0 aliphatic carbocycles. The summed E-state index contributed by atoms with van der Waals surface area (Å²) in [5.41, 5.74) is -0.243. The van der Waals surface area contributed by atoms with E-state index < -0.39 is 29.6 Å². The largest absolute Gasteiger partial charge is 0.458 e. The standard InChI is InChI=1S/C17H24F3N5O2/c1-9(2)7-11(13(26)27-16(4,5)6)22-12-8-10(3)21-15-23-14(17(18,19)20)24-25(12)15/h8-9,11,22H,7H2,1-6H3/t11-/m1/s1. The highest BCUT2D eigenvalue weighted by Crippen LogP contribution is 2.27. The van der Waals surface area contributed by atoms with Gasteiger partial charge in [0.2, 0.25) is 0 Å². The van der Waals surface area contributed by atoms with Crippen LogP contribution in [0.5, 0.6) is 0 Å². The molecule has 2 heterocycles. The van der Waals surface area contributed by atoms with E-state index in [2.05, 4.69) is 20.4 Å². The van der Waals surface area contributed by atoms with E-state index in [1.165, 1.54) is 6.07 Å². The van der Waals surface area contributed by atoms with Crippen LogP contribution in [0.25, 0.3) is 5.78 Å². The third-order valence-corrected chi connectivity index (χ3v) is 3.41. The summed E-state index contributed by atoms with van der Waals surface area (Å²) in [6.45, 7) is 10.7. The van der Waals surface area contributed by atoms with E-state index in [0.717, 1.165) is 4.52 Å². The van der Waals surface area contributed by atoms with Crippen molar-refractivity contribution in [3.05, 3.63) is 17.6 Å². The number of anilines is 1. The summed E-state index contributed by atoms with van der Waals surface area (Å²) in [6, 6.07) is 0.757. The number of ether oxygens (including phenoxy) is 1. The zero-order valence-corrected chi connectivity index (χ0v) is 16.2. The molecule has 27 heavy (non-hydrogen) atoms. The SMILES string of the molecule is Cc1cc(N[C@H](CC(C)C)C(=O)OC(C)(C)C)n2nc(C(F)(F)F)nc2n1. The Morgan fingerprint density at radius 1 is 1.26 bits per heavy atom. The fraction of sp³-hybridized carbons (Fsp3) is 0.647. The predicted molar refractivity (Wildman–Crippen MR) is 93.2 cm³/mol. The number of esters is 1. The van der Waals surface area contributed by atoms with Crippen molar-refractivity contribution in [2.75, 3.05) is 5.32 Å². The maximum atomic E-state index is 12.9. The normalized spacial score (nSPS) is 13.9. The van der Waals surface area contributed by atoms with E-state index in [1.807, 2.05) is 13.8 Å². The van der Waals surface area contributed by atoms with Crippen LogP contribution in [0.3, 0.4) is 0 Å². The number of carbonyl (C=O) groups excluding carboxylic acids is 1. The van der Waals surface area contributed by atoms with Crippen LogP contribution < -0.4 is 5.32 Å². The number of carbonyl (C=O) groups is 1. The number of nitrogens with zero attached hydrogens (tertiary/aromatic N) is 4. The molecule has 0 unspecified atom stereocenters. The van der Waals surface area contributed by atoms with E-state index in [0.29, 0.717) is 12.1 Å². The summed E-state index contributed by atoms with van der Waals surface area (Å²) in [5.74, 6) is -1.64. The molecule has 2 aromatic heterocycles. The molecular weight excluding hydrogens is 363 g/mol. The minimum absolute atomic E-state index is 0.148. The number of aromatic nitrogens is 4. The number of hydrogen-bond donors (Lipinski definition) is 1. The first kappa shape index (κ1) is 20.9. The molecule has 1 N–H and O–H groups in total. The number of hydrogen-bond acceptors (Lipinski definition) is 6. The van der Waals surface area contributed by atoms with Crippen molar-refractivity contribution in [2.24, 2.45) is 5.92 Å². The Kier molecular flexibility index (Phi) is 5.67. The van der Waals surface area contributed by atoms with Crippen molar-refractivity contribution < 1.29 is 22.7 Å². The molecule has 0 radical (unpaired) electrons. The second kappa shape index (κ2) is 7.32. The van der Waals surface area contributed by atoms with Crippen molar-refractivity contribution in [1.29, 1.82) is 0 Å². The van der Waals surface area contributed by atoms with Crippen LogP contribution in [0, 0.1) is 12.8 Å². The van der Waals surface area contributed by atoms with Gasteiger partial charge in [0.25, 0.3) is 11.6 Å². The first-order valence-corrected chi connectivity index (χ1v) is 8.57. The van der Waals surface area contributed by atoms with Crippen LogP contribution in [-0.2, 0) is 15.7 Å². The Labute approximate surface area is 155 Å². The average Bonchev–Trinajstić information content (AvgIpc) is 2.88. The number of nitrogens with one attached hydrogen (secondary N) is 1. The Morgan fingerprint density at radius 2 is 1.89 bits per heavy atom. The van der Waals surface area contributed by atoms with Gasteiger partial charge in [-0.3, -0.25) is 0 Å². The zero-order chi connectivity index (χ0) is 20.6. The molecule has 2 aromatic rings. The lowest BCUT2D eigenvalue weighted by Gasteiger charge is -2.26. The van der Waals surface area contributed by atoms with Gasteiger partial charge in [0, 0.05) is 11.8 Å². The van der Waals surface area contributed by atoms with E-state index in [4.69, 9.17) is 4.74 Å². The minimum atomic E-state index is -4.69. The van der Waals surface area contributed by atoms with Gasteiger partial charge in [0.1, 0.15) is 17.5 Å². The van der Waals surface area contributed by atoms with Crippen molar-refractivity contribution in [3.8, 4) is 0 Å². The van der Waals surface area contributed by atoms with Gasteiger partial charge in [-0.2, -0.15) is 22.7 Å². The molecular formula is C17H24F3N5O2. The highest BCUT2D eigenvalue weighted by Gasteiger charge is 2.37. The third-order valence-electron chi connectivity index (χ3n) is 3.41. The second-order valence-electron chi connectivity index (χ2n) is 7.79. The molecule has 2 rings (SSSR count). The Balaban J connectivity index is 2.43. The average molecular weight is 387 g/mol. The second-order valence-corrected chi connectivity index (χ2v) is 7.79. The van der Waals surface area contributed by atoms with Gasteiger partial charge >= 0.3 is 12.1 Å². The molecule has 0 aromatic carbocycles. The molecule has 10 heteroatoms. The van der Waals surface area contributed by atoms with Gasteiger partial charge in [-0.1, -0.05) is 13.8 Å². The number of halogens is 3. The molecule has 0 spiro atoms. The Morgan fingerprint density at radius 3 is 2.41 bits per heavy atom. The Hall–Kier alpha value is -2.39. The molecule has 0 aliphatic heterocycles. The maximum Gasteiger partial charge on any atom is 0.453 e. The molecule has 0 bridgehead atoms. The summed E-state index contributed by atoms with van der Waals surface area (Å²) < 4.78 is 45.2. The molecule has 0 saturated heterocycles. The van der Waals surface area contributed by atoms with Gasteiger partial charge in [-0.15, -0.1) is 5.10 Å². The van der Waals surface area contributed by atoms with E-state index in [1.54, 1.807) is 27.7 Å². The fourth-order valence-electron chi connectivity index (χ4n) is 2.45.